The van der Waals surface area contributed by atoms with Crippen molar-refractivity contribution in [2.45, 2.75) is 6.54 Å². The molecule has 1 N–H and O–H groups in total. The van der Waals surface area contributed by atoms with Gasteiger partial charge in [-0.15, -0.1) is 0 Å². The first-order chi connectivity index (χ1) is 4.83. The minimum atomic E-state index is -0.423. The van der Waals surface area contributed by atoms with Crippen LogP contribution in [-0.4, -0.2) is 12.0 Å². The molecule has 0 atom stereocenters. The van der Waals surface area contributed by atoms with Crippen molar-refractivity contribution in [2.24, 2.45) is 0 Å². The molecule has 0 fully saturated rings. The molecule has 1 aromatic rings. The minimum Gasteiger partial charge on any atom is -0.314 e. The number of aromatic nitrogens is 1. The van der Waals surface area contributed by atoms with Gasteiger partial charge in [-0.2, -0.15) is 4.39 Å². The van der Waals surface area contributed by atoms with Crippen LogP contribution in [0.3, 0.4) is 0 Å². The number of halogens is 1. The van der Waals surface area contributed by atoms with E-state index >= 15 is 0 Å². The highest BCUT2D eigenvalue weighted by atomic mass is 19.1. The van der Waals surface area contributed by atoms with Crippen molar-refractivity contribution in [1.82, 2.24) is 10.3 Å². The summed E-state index contributed by atoms with van der Waals surface area (Å²) in [6, 6.07) is 4.76. The Hall–Kier alpha value is -0.960. The van der Waals surface area contributed by atoms with Crippen LogP contribution in [0.15, 0.2) is 18.2 Å². The number of hydrogen-bond donors (Lipinski definition) is 1. The van der Waals surface area contributed by atoms with Crippen molar-refractivity contribution >= 4 is 0 Å². The highest BCUT2D eigenvalue weighted by Gasteiger charge is 1.92. The van der Waals surface area contributed by atoms with E-state index in [9.17, 15) is 4.39 Å². The van der Waals surface area contributed by atoms with E-state index in [0.717, 1.165) is 5.69 Å². The van der Waals surface area contributed by atoms with Crippen molar-refractivity contribution in [3.8, 4) is 0 Å². The highest BCUT2D eigenvalue weighted by Crippen LogP contribution is 1.95. The van der Waals surface area contributed by atoms with Crippen LogP contribution in [0.25, 0.3) is 0 Å². The Morgan fingerprint density at radius 1 is 1.60 bits per heavy atom. The van der Waals surface area contributed by atoms with Gasteiger partial charge in [0.25, 0.3) is 0 Å². The zero-order valence-corrected chi connectivity index (χ0v) is 5.76. The van der Waals surface area contributed by atoms with Crippen molar-refractivity contribution in [1.29, 1.82) is 0 Å². The van der Waals surface area contributed by atoms with E-state index in [1.165, 1.54) is 6.07 Å². The Balaban J connectivity index is 2.75. The maximum atomic E-state index is 12.4. The molecule has 10 heavy (non-hydrogen) atoms. The quantitative estimate of drug-likeness (QED) is 0.618. The first-order valence-electron chi connectivity index (χ1n) is 3.09. The van der Waals surface area contributed by atoms with Crippen LogP contribution in [0.2, 0.25) is 0 Å². The van der Waals surface area contributed by atoms with E-state index < -0.39 is 5.95 Å². The molecule has 54 valence electrons. The Morgan fingerprint density at radius 2 is 2.40 bits per heavy atom. The van der Waals surface area contributed by atoms with E-state index in [4.69, 9.17) is 0 Å². The molecule has 1 rings (SSSR count). The topological polar surface area (TPSA) is 24.9 Å². The predicted molar refractivity (Wildman–Crippen MR) is 37.0 cm³/mol. The smallest absolute Gasteiger partial charge is 0.213 e. The Labute approximate surface area is 59.1 Å². The van der Waals surface area contributed by atoms with E-state index in [1.807, 2.05) is 0 Å². The number of pyridine rings is 1. The van der Waals surface area contributed by atoms with E-state index in [1.54, 1.807) is 19.2 Å². The van der Waals surface area contributed by atoms with Gasteiger partial charge in [0.1, 0.15) is 0 Å². The van der Waals surface area contributed by atoms with Crippen molar-refractivity contribution in [3.05, 3.63) is 29.8 Å². The molecule has 0 unspecified atom stereocenters. The summed E-state index contributed by atoms with van der Waals surface area (Å²) in [4.78, 5) is 3.63. The van der Waals surface area contributed by atoms with Crippen molar-refractivity contribution in [3.63, 3.8) is 0 Å². The van der Waals surface area contributed by atoms with Gasteiger partial charge in [-0.25, -0.2) is 4.98 Å². The summed E-state index contributed by atoms with van der Waals surface area (Å²) in [6.07, 6.45) is 0. The molecule has 0 bridgehead atoms. The minimum absolute atomic E-state index is 0.423. The van der Waals surface area contributed by atoms with E-state index in [0.29, 0.717) is 6.54 Å². The first-order valence-corrected chi connectivity index (χ1v) is 3.09. The fourth-order valence-electron chi connectivity index (χ4n) is 0.730. The summed E-state index contributed by atoms with van der Waals surface area (Å²) < 4.78 is 12.4. The maximum absolute atomic E-state index is 12.4. The Kier molecular flexibility index (Phi) is 2.34. The summed E-state index contributed by atoms with van der Waals surface area (Å²) in [5.41, 5.74) is 0.725. The van der Waals surface area contributed by atoms with Gasteiger partial charge in [0.2, 0.25) is 5.95 Å². The summed E-state index contributed by atoms with van der Waals surface area (Å²) in [5.74, 6) is -0.423. The fraction of sp³-hybridized carbons (Fsp3) is 0.286. The molecule has 0 saturated heterocycles. The number of nitrogens with one attached hydrogen (secondary N) is 1. The number of hydrogen-bond acceptors (Lipinski definition) is 2. The van der Waals surface area contributed by atoms with Gasteiger partial charge >= 0.3 is 0 Å². The average molecular weight is 140 g/mol. The molecule has 2 nitrogen and oxygen atoms in total. The third-order valence-electron chi connectivity index (χ3n) is 1.13. The lowest BCUT2D eigenvalue weighted by atomic mass is 10.3. The summed E-state index contributed by atoms with van der Waals surface area (Å²) >= 11 is 0. The molecular formula is C7H9FN2. The van der Waals surface area contributed by atoms with E-state index in [2.05, 4.69) is 10.3 Å². The molecule has 0 aliphatic rings. The molecule has 0 radical (unpaired) electrons. The molecule has 0 amide bonds. The molecule has 3 heteroatoms. The highest BCUT2D eigenvalue weighted by molar-refractivity contribution is 5.03. The molecule has 1 aromatic heterocycles. The first kappa shape index (κ1) is 7.15. The van der Waals surface area contributed by atoms with Gasteiger partial charge in [0, 0.05) is 6.54 Å². The monoisotopic (exact) mass is 140 g/mol. The lowest BCUT2D eigenvalue weighted by molar-refractivity contribution is 0.573. The fourth-order valence-corrected chi connectivity index (χ4v) is 0.730. The van der Waals surface area contributed by atoms with Crippen molar-refractivity contribution < 1.29 is 4.39 Å². The third kappa shape index (κ3) is 1.77. The van der Waals surface area contributed by atoms with E-state index in [-0.39, 0.29) is 0 Å². The lowest BCUT2D eigenvalue weighted by Crippen LogP contribution is -2.07. The van der Waals surface area contributed by atoms with Gasteiger partial charge in [-0.3, -0.25) is 0 Å². The average Bonchev–Trinajstić information content (AvgIpc) is 1.88. The second-order valence-electron chi connectivity index (χ2n) is 1.98. The second kappa shape index (κ2) is 3.27. The van der Waals surface area contributed by atoms with Gasteiger partial charge < -0.3 is 5.32 Å². The predicted octanol–water partition coefficient (Wildman–Crippen LogP) is 0.940. The van der Waals surface area contributed by atoms with Crippen LogP contribution in [-0.2, 0) is 6.54 Å². The summed E-state index contributed by atoms with van der Waals surface area (Å²) in [6.45, 7) is 0.609. The Morgan fingerprint density at radius 3 is 3.00 bits per heavy atom. The SMILES string of the molecule is CNCc1cccc(F)n1. The van der Waals surface area contributed by atoms with Gasteiger partial charge in [-0.05, 0) is 19.2 Å². The third-order valence-corrected chi connectivity index (χ3v) is 1.13. The van der Waals surface area contributed by atoms with Gasteiger partial charge in [0.15, 0.2) is 0 Å². The van der Waals surface area contributed by atoms with Gasteiger partial charge in [-0.1, -0.05) is 6.07 Å². The molecule has 1 heterocycles. The standard InChI is InChI=1S/C7H9FN2/c1-9-5-6-3-2-4-7(8)10-6/h2-4,9H,5H2,1H3. The van der Waals surface area contributed by atoms with Gasteiger partial charge in [0.05, 0.1) is 5.69 Å². The molecule has 0 aromatic carbocycles. The van der Waals surface area contributed by atoms with Crippen LogP contribution in [0.1, 0.15) is 5.69 Å². The summed E-state index contributed by atoms with van der Waals surface area (Å²) in [7, 11) is 1.80. The van der Waals surface area contributed by atoms with Crippen LogP contribution in [0, 0.1) is 5.95 Å². The number of rotatable bonds is 2. The zero-order valence-electron chi connectivity index (χ0n) is 5.76. The van der Waals surface area contributed by atoms with Crippen LogP contribution >= 0.6 is 0 Å². The zero-order chi connectivity index (χ0) is 7.40. The van der Waals surface area contributed by atoms with Crippen LogP contribution < -0.4 is 5.32 Å². The largest absolute Gasteiger partial charge is 0.314 e. The molecule has 0 aliphatic carbocycles. The normalized spacial score (nSPS) is 9.80. The number of nitrogens with zero attached hydrogens (tertiary/aromatic N) is 1. The second-order valence-corrected chi connectivity index (χ2v) is 1.98. The van der Waals surface area contributed by atoms with Crippen LogP contribution in [0.4, 0.5) is 4.39 Å². The maximum Gasteiger partial charge on any atom is 0.213 e. The lowest BCUT2D eigenvalue weighted by Gasteiger charge is -1.96. The summed E-state index contributed by atoms with van der Waals surface area (Å²) in [5, 5.41) is 2.88. The van der Waals surface area contributed by atoms with Crippen LogP contribution in [0.5, 0.6) is 0 Å². The molecule has 0 aliphatic heterocycles. The Bertz CT molecular complexity index is 213. The van der Waals surface area contributed by atoms with Crippen molar-refractivity contribution in [2.75, 3.05) is 7.05 Å². The molecule has 0 saturated carbocycles. The molecule has 0 spiro atoms. The molecular weight excluding hydrogens is 131 g/mol.